The zero-order valence-electron chi connectivity index (χ0n) is 15.5. The van der Waals surface area contributed by atoms with Crippen molar-refractivity contribution < 1.29 is 4.42 Å². The molecule has 0 amide bonds. The van der Waals surface area contributed by atoms with Gasteiger partial charge in [-0.25, -0.2) is 9.98 Å². The Kier molecular flexibility index (Phi) is 9.85. The minimum Gasteiger partial charge on any atom is -0.469 e. The average molecular weight is 511 g/mol. The molecule has 2 heterocycles. The van der Waals surface area contributed by atoms with Crippen LogP contribution in [-0.2, 0) is 19.4 Å². The lowest BCUT2D eigenvalue weighted by Crippen LogP contribution is -2.39. The first-order valence-electron chi connectivity index (χ1n) is 8.98. The summed E-state index contributed by atoms with van der Waals surface area (Å²) in [5.41, 5.74) is 2.30. The SMILES string of the molecule is Clc1ccc(CCNC(=NCc2ccccc2)NCCc2ccco2)cn1.I. The van der Waals surface area contributed by atoms with E-state index in [-0.39, 0.29) is 24.0 Å². The topological polar surface area (TPSA) is 62.5 Å². The number of aliphatic imine (C=N–C) groups is 1. The molecule has 0 aliphatic carbocycles. The molecule has 0 atom stereocenters. The van der Waals surface area contributed by atoms with Gasteiger partial charge in [0.05, 0.1) is 12.8 Å². The molecular weight excluding hydrogens is 487 g/mol. The Morgan fingerprint density at radius 3 is 2.39 bits per heavy atom. The highest BCUT2D eigenvalue weighted by Gasteiger charge is 2.02. The van der Waals surface area contributed by atoms with E-state index in [4.69, 9.17) is 16.0 Å². The fourth-order valence-electron chi connectivity index (χ4n) is 2.57. The van der Waals surface area contributed by atoms with Gasteiger partial charge in [-0.05, 0) is 35.7 Å². The first-order chi connectivity index (χ1) is 13.3. The molecule has 148 valence electrons. The van der Waals surface area contributed by atoms with Gasteiger partial charge in [0.1, 0.15) is 10.9 Å². The maximum atomic E-state index is 5.83. The lowest BCUT2D eigenvalue weighted by molar-refractivity contribution is 0.506. The summed E-state index contributed by atoms with van der Waals surface area (Å²) in [5, 5.41) is 7.26. The van der Waals surface area contributed by atoms with Gasteiger partial charge in [0, 0.05) is 25.7 Å². The molecule has 3 aromatic rings. The van der Waals surface area contributed by atoms with Crippen LogP contribution in [0, 0.1) is 0 Å². The number of hydrogen-bond acceptors (Lipinski definition) is 3. The van der Waals surface area contributed by atoms with E-state index < -0.39 is 0 Å². The Balaban J connectivity index is 0.00000280. The summed E-state index contributed by atoms with van der Waals surface area (Å²) in [5.74, 6) is 1.74. The second kappa shape index (κ2) is 12.4. The van der Waals surface area contributed by atoms with E-state index in [0.29, 0.717) is 11.7 Å². The quantitative estimate of drug-likeness (QED) is 0.203. The van der Waals surface area contributed by atoms with Crippen molar-refractivity contribution >= 4 is 41.5 Å². The highest BCUT2D eigenvalue weighted by atomic mass is 127. The first-order valence-corrected chi connectivity index (χ1v) is 9.36. The van der Waals surface area contributed by atoms with Crippen molar-refractivity contribution in [2.45, 2.75) is 19.4 Å². The summed E-state index contributed by atoms with van der Waals surface area (Å²) in [6.45, 7) is 2.13. The molecule has 0 aliphatic rings. The number of pyridine rings is 1. The van der Waals surface area contributed by atoms with Crippen molar-refractivity contribution in [3.63, 3.8) is 0 Å². The van der Waals surface area contributed by atoms with Gasteiger partial charge in [-0.1, -0.05) is 48.0 Å². The fraction of sp³-hybridized carbons (Fsp3) is 0.238. The van der Waals surface area contributed by atoms with Crippen LogP contribution in [0.25, 0.3) is 0 Å². The molecule has 2 N–H and O–H groups in total. The van der Waals surface area contributed by atoms with E-state index in [1.54, 1.807) is 12.5 Å². The number of nitrogens with one attached hydrogen (secondary N) is 2. The van der Waals surface area contributed by atoms with Crippen LogP contribution >= 0.6 is 35.6 Å². The average Bonchev–Trinajstić information content (AvgIpc) is 3.21. The summed E-state index contributed by atoms with van der Waals surface area (Å²) < 4.78 is 5.38. The van der Waals surface area contributed by atoms with Gasteiger partial charge in [-0.15, -0.1) is 24.0 Å². The summed E-state index contributed by atoms with van der Waals surface area (Å²) in [6.07, 6.45) is 5.14. The molecule has 7 heteroatoms. The van der Waals surface area contributed by atoms with Crippen LogP contribution in [0.2, 0.25) is 5.15 Å². The fourth-order valence-corrected chi connectivity index (χ4v) is 2.68. The second-order valence-electron chi connectivity index (χ2n) is 6.07. The predicted octanol–water partition coefficient (Wildman–Crippen LogP) is 4.47. The smallest absolute Gasteiger partial charge is 0.191 e. The molecule has 0 saturated heterocycles. The lowest BCUT2D eigenvalue weighted by Gasteiger charge is -2.12. The van der Waals surface area contributed by atoms with Gasteiger partial charge >= 0.3 is 0 Å². The number of benzene rings is 1. The molecule has 0 bridgehead atoms. The van der Waals surface area contributed by atoms with Gasteiger partial charge in [-0.2, -0.15) is 0 Å². The van der Waals surface area contributed by atoms with Crippen molar-refractivity contribution in [1.82, 2.24) is 15.6 Å². The van der Waals surface area contributed by atoms with E-state index >= 15 is 0 Å². The van der Waals surface area contributed by atoms with E-state index in [1.807, 2.05) is 42.5 Å². The Labute approximate surface area is 187 Å². The summed E-state index contributed by atoms with van der Waals surface area (Å²) in [7, 11) is 0. The molecule has 5 nitrogen and oxygen atoms in total. The second-order valence-corrected chi connectivity index (χ2v) is 6.46. The van der Waals surface area contributed by atoms with Gasteiger partial charge in [-0.3, -0.25) is 0 Å². The van der Waals surface area contributed by atoms with E-state index in [9.17, 15) is 0 Å². The van der Waals surface area contributed by atoms with Crippen LogP contribution in [0.4, 0.5) is 0 Å². The van der Waals surface area contributed by atoms with E-state index in [2.05, 4.69) is 32.7 Å². The number of nitrogens with zero attached hydrogens (tertiary/aromatic N) is 2. The molecule has 2 aromatic heterocycles. The van der Waals surface area contributed by atoms with Crippen LogP contribution in [0.3, 0.4) is 0 Å². The standard InChI is InChI=1S/C21H23ClN4O.HI/c22-20-9-8-18(15-25-20)10-12-23-21(24-13-11-19-7-4-14-27-19)26-16-17-5-2-1-3-6-17;/h1-9,14-15H,10-13,16H2,(H2,23,24,26);1H. The van der Waals surface area contributed by atoms with Crippen LogP contribution in [-0.4, -0.2) is 24.0 Å². The highest BCUT2D eigenvalue weighted by molar-refractivity contribution is 14.0. The summed E-state index contributed by atoms with van der Waals surface area (Å²) >= 11 is 5.83. The molecule has 28 heavy (non-hydrogen) atoms. The molecule has 0 aliphatic heterocycles. The Hall–Kier alpha value is -2.06. The summed E-state index contributed by atoms with van der Waals surface area (Å²) in [6, 6.07) is 17.9. The molecule has 0 fully saturated rings. The third kappa shape index (κ3) is 7.90. The third-order valence-electron chi connectivity index (χ3n) is 4.00. The van der Waals surface area contributed by atoms with E-state index in [1.165, 1.54) is 5.56 Å². The van der Waals surface area contributed by atoms with Gasteiger partial charge < -0.3 is 15.1 Å². The minimum absolute atomic E-state index is 0. The number of halogens is 2. The molecule has 0 saturated carbocycles. The number of rotatable bonds is 8. The number of hydrogen-bond donors (Lipinski definition) is 2. The van der Waals surface area contributed by atoms with Gasteiger partial charge in [0.15, 0.2) is 5.96 Å². The van der Waals surface area contributed by atoms with Gasteiger partial charge in [0.25, 0.3) is 0 Å². The Morgan fingerprint density at radius 1 is 0.929 bits per heavy atom. The van der Waals surface area contributed by atoms with E-state index in [0.717, 1.165) is 43.2 Å². The first kappa shape index (κ1) is 22.2. The van der Waals surface area contributed by atoms with Crippen molar-refractivity contribution in [1.29, 1.82) is 0 Å². The number of guanidine groups is 1. The van der Waals surface area contributed by atoms with Crippen molar-refractivity contribution in [3.8, 4) is 0 Å². The molecule has 0 spiro atoms. The van der Waals surface area contributed by atoms with Crippen LogP contribution in [0.1, 0.15) is 16.9 Å². The number of aromatic nitrogens is 1. The van der Waals surface area contributed by atoms with Crippen molar-refractivity contribution in [2.75, 3.05) is 13.1 Å². The zero-order valence-corrected chi connectivity index (χ0v) is 18.6. The largest absolute Gasteiger partial charge is 0.469 e. The molecular formula is C21H24ClIN4O. The molecule has 0 radical (unpaired) electrons. The Morgan fingerprint density at radius 2 is 1.71 bits per heavy atom. The van der Waals surface area contributed by atoms with Crippen molar-refractivity contribution in [2.24, 2.45) is 4.99 Å². The molecule has 3 rings (SSSR count). The van der Waals surface area contributed by atoms with Gasteiger partial charge in [0.2, 0.25) is 0 Å². The number of furan rings is 1. The third-order valence-corrected chi connectivity index (χ3v) is 4.22. The zero-order chi connectivity index (χ0) is 18.7. The molecule has 0 unspecified atom stereocenters. The maximum absolute atomic E-state index is 5.83. The van der Waals surface area contributed by atoms with Crippen LogP contribution < -0.4 is 10.6 Å². The van der Waals surface area contributed by atoms with Crippen molar-refractivity contribution in [3.05, 3.63) is 89.1 Å². The van der Waals surface area contributed by atoms with Crippen LogP contribution in [0.15, 0.2) is 76.5 Å². The normalized spacial score (nSPS) is 11.0. The maximum Gasteiger partial charge on any atom is 0.191 e. The highest BCUT2D eigenvalue weighted by Crippen LogP contribution is 2.05. The Bertz CT molecular complexity index is 823. The summed E-state index contributed by atoms with van der Waals surface area (Å²) in [4.78, 5) is 8.80. The lowest BCUT2D eigenvalue weighted by atomic mass is 10.2. The van der Waals surface area contributed by atoms with Crippen LogP contribution in [0.5, 0.6) is 0 Å². The predicted molar refractivity (Wildman–Crippen MR) is 124 cm³/mol. The molecule has 1 aromatic carbocycles. The monoisotopic (exact) mass is 510 g/mol. The minimum atomic E-state index is 0.